The standard InChI is InChI=1S/C19H28ClN7O4/c1-12-6-7-13(9-15(12)20)25-18(29)16-10-14(11-23-16)24-17(28)5-3-2-4-8-22-19(21)26-27(30)31/h6-7,9,14,16,23H,2-5,8,10-11H2,1H3,(H,24,28)(H,25,29)(H3,21,22,26)/t14-,16-/m0/s1. The van der Waals surface area contributed by atoms with E-state index in [1.807, 2.05) is 13.0 Å². The number of carbonyl (C=O) groups excluding carboxylic acids is 2. The number of aryl methyl sites for hydroxylation is 1. The number of hydrogen-bond donors (Lipinski definition) is 5. The highest BCUT2D eigenvalue weighted by Gasteiger charge is 2.30. The quantitative estimate of drug-likeness (QED) is 0.116. The number of nitrogens with one attached hydrogen (secondary N) is 4. The van der Waals surface area contributed by atoms with Crippen molar-refractivity contribution in [2.45, 2.75) is 51.1 Å². The summed E-state index contributed by atoms with van der Waals surface area (Å²) >= 11 is 6.09. The number of nitrogens with two attached hydrogens (primary N) is 1. The lowest BCUT2D eigenvalue weighted by Crippen LogP contribution is -2.36. The topological polar surface area (TPSA) is 164 Å². The van der Waals surface area contributed by atoms with Gasteiger partial charge in [-0.1, -0.05) is 29.5 Å². The fraction of sp³-hybridized carbons (Fsp3) is 0.526. The molecule has 170 valence electrons. The van der Waals surface area contributed by atoms with Crippen LogP contribution in [0.1, 0.15) is 37.7 Å². The van der Waals surface area contributed by atoms with Gasteiger partial charge in [-0.2, -0.15) is 0 Å². The summed E-state index contributed by atoms with van der Waals surface area (Å²) in [5, 5.41) is 18.9. The van der Waals surface area contributed by atoms with Gasteiger partial charge in [-0.25, -0.2) is 15.1 Å². The summed E-state index contributed by atoms with van der Waals surface area (Å²) in [5.74, 6) is -0.472. The van der Waals surface area contributed by atoms with Crippen LogP contribution in [0.15, 0.2) is 23.2 Å². The molecule has 0 bridgehead atoms. The van der Waals surface area contributed by atoms with E-state index >= 15 is 0 Å². The van der Waals surface area contributed by atoms with Gasteiger partial charge in [0.25, 0.3) is 5.96 Å². The zero-order valence-electron chi connectivity index (χ0n) is 17.3. The Labute approximate surface area is 185 Å². The summed E-state index contributed by atoms with van der Waals surface area (Å²) in [6, 6.07) is 4.85. The molecule has 2 amide bonds. The number of aliphatic imine (C=N–C) groups is 1. The molecule has 12 heteroatoms. The third kappa shape index (κ3) is 8.77. The summed E-state index contributed by atoms with van der Waals surface area (Å²) in [6.07, 6.45) is 2.96. The Morgan fingerprint density at radius 1 is 1.35 bits per heavy atom. The Balaban J connectivity index is 1.62. The zero-order chi connectivity index (χ0) is 22.8. The third-order valence-corrected chi connectivity index (χ3v) is 5.21. The molecule has 1 aromatic carbocycles. The first kappa shape index (κ1) is 24.4. The largest absolute Gasteiger partial charge is 0.365 e. The average Bonchev–Trinajstić information content (AvgIpc) is 3.15. The van der Waals surface area contributed by atoms with Gasteiger partial charge in [0.05, 0.1) is 6.04 Å². The van der Waals surface area contributed by atoms with Crippen molar-refractivity contribution < 1.29 is 14.6 Å². The Morgan fingerprint density at radius 2 is 2.13 bits per heavy atom. The summed E-state index contributed by atoms with van der Waals surface area (Å²) < 4.78 is 0. The van der Waals surface area contributed by atoms with Crippen LogP contribution in [0.25, 0.3) is 0 Å². The van der Waals surface area contributed by atoms with E-state index in [1.54, 1.807) is 17.6 Å². The number of amides is 2. The number of rotatable bonds is 10. The van der Waals surface area contributed by atoms with Gasteiger partial charge in [-0.15, -0.1) is 0 Å². The van der Waals surface area contributed by atoms with Crippen LogP contribution in [-0.4, -0.2) is 48.0 Å². The molecule has 1 aliphatic heterocycles. The van der Waals surface area contributed by atoms with Crippen LogP contribution >= 0.6 is 11.6 Å². The minimum absolute atomic E-state index is 0.0730. The van der Waals surface area contributed by atoms with E-state index < -0.39 is 5.03 Å². The first-order valence-electron chi connectivity index (χ1n) is 10.1. The van der Waals surface area contributed by atoms with Crippen molar-refractivity contribution in [1.29, 1.82) is 0 Å². The summed E-state index contributed by atoms with van der Waals surface area (Å²) in [7, 11) is 0. The van der Waals surface area contributed by atoms with Crippen LogP contribution in [0.4, 0.5) is 5.69 Å². The number of guanidine groups is 1. The van der Waals surface area contributed by atoms with Crippen molar-refractivity contribution in [3.63, 3.8) is 0 Å². The Morgan fingerprint density at radius 3 is 2.84 bits per heavy atom. The average molecular weight is 454 g/mol. The van der Waals surface area contributed by atoms with Gasteiger partial charge >= 0.3 is 0 Å². The molecule has 2 atom stereocenters. The summed E-state index contributed by atoms with van der Waals surface area (Å²) in [6.45, 7) is 2.76. The third-order valence-electron chi connectivity index (χ3n) is 4.80. The number of anilines is 1. The molecule has 0 radical (unpaired) electrons. The Kier molecular flexibility index (Phi) is 9.47. The van der Waals surface area contributed by atoms with Gasteiger partial charge in [0.1, 0.15) is 0 Å². The molecule has 31 heavy (non-hydrogen) atoms. The van der Waals surface area contributed by atoms with Crippen molar-refractivity contribution in [3.8, 4) is 0 Å². The molecule has 0 spiro atoms. The molecule has 2 rings (SSSR count). The lowest BCUT2D eigenvalue weighted by atomic mass is 10.1. The molecule has 0 aliphatic carbocycles. The number of unbranched alkanes of at least 4 members (excludes halogenated alkanes) is 2. The first-order valence-corrected chi connectivity index (χ1v) is 10.4. The molecule has 1 fully saturated rings. The van der Waals surface area contributed by atoms with Crippen LogP contribution < -0.4 is 27.1 Å². The fourth-order valence-corrected chi connectivity index (χ4v) is 3.33. The van der Waals surface area contributed by atoms with Crippen molar-refractivity contribution in [2.75, 3.05) is 18.4 Å². The number of nitrogens with zero attached hydrogens (tertiary/aromatic N) is 2. The van der Waals surface area contributed by atoms with Crippen LogP contribution in [0, 0.1) is 17.0 Å². The Hall–Kier alpha value is -2.92. The fourth-order valence-electron chi connectivity index (χ4n) is 3.15. The Bertz CT molecular complexity index is 833. The molecular formula is C19H28ClN7O4. The first-order chi connectivity index (χ1) is 14.7. The van der Waals surface area contributed by atoms with Crippen molar-refractivity contribution >= 4 is 35.1 Å². The number of hydrazine groups is 1. The monoisotopic (exact) mass is 453 g/mol. The van der Waals surface area contributed by atoms with Crippen LogP contribution in [-0.2, 0) is 9.59 Å². The lowest BCUT2D eigenvalue weighted by Gasteiger charge is -2.13. The van der Waals surface area contributed by atoms with E-state index in [-0.39, 0.29) is 29.9 Å². The normalized spacial score (nSPS) is 18.5. The number of nitro groups is 1. The molecule has 0 saturated carbocycles. The predicted octanol–water partition coefficient (Wildman–Crippen LogP) is 1.09. The van der Waals surface area contributed by atoms with E-state index in [0.717, 1.165) is 12.0 Å². The van der Waals surface area contributed by atoms with Gasteiger partial charge < -0.3 is 21.7 Å². The smallest absolute Gasteiger partial charge is 0.251 e. The van der Waals surface area contributed by atoms with Crippen LogP contribution in [0.3, 0.4) is 0 Å². The minimum Gasteiger partial charge on any atom is -0.365 e. The van der Waals surface area contributed by atoms with Gasteiger partial charge in [0, 0.05) is 36.3 Å². The molecule has 11 nitrogen and oxygen atoms in total. The minimum atomic E-state index is -0.770. The highest BCUT2D eigenvalue weighted by atomic mass is 35.5. The van der Waals surface area contributed by atoms with E-state index in [4.69, 9.17) is 17.3 Å². The van der Waals surface area contributed by atoms with E-state index in [0.29, 0.717) is 49.5 Å². The van der Waals surface area contributed by atoms with Crippen LogP contribution in [0.2, 0.25) is 5.02 Å². The number of hydrogen-bond acceptors (Lipinski definition) is 6. The maximum absolute atomic E-state index is 12.4. The second-order valence-electron chi connectivity index (χ2n) is 7.36. The SMILES string of the molecule is Cc1ccc(NC(=O)[C@@H]2C[C@H](NC(=O)CCCCCN=C(N)N[N+](=O)[O-])CN2)cc1Cl. The van der Waals surface area contributed by atoms with Gasteiger partial charge in [-0.3, -0.25) is 9.59 Å². The van der Waals surface area contributed by atoms with Gasteiger partial charge in [0.15, 0.2) is 5.03 Å². The van der Waals surface area contributed by atoms with Gasteiger partial charge in [0.2, 0.25) is 11.8 Å². The lowest BCUT2D eigenvalue weighted by molar-refractivity contribution is -0.525. The molecular weight excluding hydrogens is 426 g/mol. The van der Waals surface area contributed by atoms with E-state index in [1.165, 1.54) is 0 Å². The molecule has 1 heterocycles. The zero-order valence-corrected chi connectivity index (χ0v) is 18.1. The molecule has 0 aromatic heterocycles. The summed E-state index contributed by atoms with van der Waals surface area (Å²) in [4.78, 5) is 38.5. The van der Waals surface area contributed by atoms with Crippen molar-refractivity contribution in [1.82, 2.24) is 16.1 Å². The highest BCUT2D eigenvalue weighted by Crippen LogP contribution is 2.20. The second kappa shape index (κ2) is 12.1. The molecule has 1 aliphatic rings. The molecule has 6 N–H and O–H groups in total. The maximum atomic E-state index is 12.4. The highest BCUT2D eigenvalue weighted by molar-refractivity contribution is 6.31. The molecule has 0 unspecified atom stereocenters. The van der Waals surface area contributed by atoms with Crippen molar-refractivity contribution in [3.05, 3.63) is 38.9 Å². The molecule has 1 aromatic rings. The maximum Gasteiger partial charge on any atom is 0.251 e. The predicted molar refractivity (Wildman–Crippen MR) is 118 cm³/mol. The molecule has 1 saturated heterocycles. The van der Waals surface area contributed by atoms with Crippen LogP contribution in [0.5, 0.6) is 0 Å². The number of carbonyl (C=O) groups is 2. The van der Waals surface area contributed by atoms with E-state index in [9.17, 15) is 19.7 Å². The summed E-state index contributed by atoms with van der Waals surface area (Å²) in [5.41, 5.74) is 8.65. The van der Waals surface area contributed by atoms with Crippen molar-refractivity contribution in [2.24, 2.45) is 10.7 Å². The van der Waals surface area contributed by atoms with E-state index in [2.05, 4.69) is 20.9 Å². The number of halogens is 1. The number of benzene rings is 1. The van der Waals surface area contributed by atoms with Gasteiger partial charge in [-0.05, 0) is 43.9 Å². The second-order valence-corrected chi connectivity index (χ2v) is 7.77.